The summed E-state index contributed by atoms with van der Waals surface area (Å²) in [6.45, 7) is 0. The average molecular weight is 206 g/mol. The third-order valence-electron chi connectivity index (χ3n) is 1.45. The Kier molecular flexibility index (Phi) is 2.67. The van der Waals surface area contributed by atoms with Crippen molar-refractivity contribution in [2.24, 2.45) is 5.84 Å². The number of rotatable bonds is 1. The van der Waals surface area contributed by atoms with E-state index in [-0.39, 0.29) is 0 Å². The molecule has 1 aromatic carbocycles. The molecule has 4 N–H and O–H groups in total. The largest absolute Gasteiger partial charge is 0.397 e. The standard InChI is InChI=1S/C7H9Cl2N3/c1-12(11)7-3-5(9)4(8)2-6(7)10/h2-3H,10-11H2,1H3. The summed E-state index contributed by atoms with van der Waals surface area (Å²) in [5, 5.41) is 2.26. The summed E-state index contributed by atoms with van der Waals surface area (Å²) in [7, 11) is 1.68. The van der Waals surface area contributed by atoms with Crippen molar-refractivity contribution in [3.63, 3.8) is 0 Å². The van der Waals surface area contributed by atoms with Gasteiger partial charge < -0.3 is 10.7 Å². The molecule has 66 valence electrons. The zero-order valence-electron chi connectivity index (χ0n) is 6.51. The molecule has 0 aliphatic rings. The number of nitrogens with zero attached hydrogens (tertiary/aromatic N) is 1. The van der Waals surface area contributed by atoms with Gasteiger partial charge in [-0.25, -0.2) is 5.84 Å². The summed E-state index contributed by atoms with van der Waals surface area (Å²) >= 11 is 11.5. The molecule has 0 radical (unpaired) electrons. The van der Waals surface area contributed by atoms with Crippen LogP contribution in [-0.2, 0) is 0 Å². The molecule has 0 atom stereocenters. The SMILES string of the molecule is CN(N)c1cc(Cl)c(Cl)cc1N. The molecule has 0 spiro atoms. The van der Waals surface area contributed by atoms with Crippen LogP contribution in [0.3, 0.4) is 0 Å². The predicted molar refractivity (Wildman–Crippen MR) is 53.5 cm³/mol. The molecule has 3 nitrogen and oxygen atoms in total. The highest BCUT2D eigenvalue weighted by molar-refractivity contribution is 6.42. The number of hydrogen-bond donors (Lipinski definition) is 2. The smallest absolute Gasteiger partial charge is 0.0759 e. The molecule has 5 heteroatoms. The first kappa shape index (κ1) is 9.45. The van der Waals surface area contributed by atoms with Crippen LogP contribution in [-0.4, -0.2) is 7.05 Å². The minimum atomic E-state index is 0.430. The second-order valence-electron chi connectivity index (χ2n) is 2.44. The van der Waals surface area contributed by atoms with Gasteiger partial charge in [0.15, 0.2) is 0 Å². The van der Waals surface area contributed by atoms with Crippen LogP contribution in [0.25, 0.3) is 0 Å². The van der Waals surface area contributed by atoms with Crippen molar-refractivity contribution in [1.29, 1.82) is 0 Å². The van der Waals surface area contributed by atoms with E-state index in [0.717, 1.165) is 0 Å². The second-order valence-corrected chi connectivity index (χ2v) is 3.25. The first-order chi connectivity index (χ1) is 5.52. The number of nitrogen functional groups attached to an aromatic ring is 1. The van der Waals surface area contributed by atoms with E-state index < -0.39 is 0 Å². The Labute approximate surface area is 80.8 Å². The molecule has 12 heavy (non-hydrogen) atoms. The number of anilines is 2. The summed E-state index contributed by atoms with van der Waals surface area (Å²) < 4.78 is 0. The zero-order valence-corrected chi connectivity index (χ0v) is 8.02. The second kappa shape index (κ2) is 3.39. The summed E-state index contributed by atoms with van der Waals surface area (Å²) in [6.07, 6.45) is 0. The lowest BCUT2D eigenvalue weighted by atomic mass is 10.2. The average Bonchev–Trinajstić information content (AvgIpc) is 1.96. The van der Waals surface area contributed by atoms with Gasteiger partial charge in [-0.15, -0.1) is 0 Å². The first-order valence-corrected chi connectivity index (χ1v) is 4.01. The molecule has 0 unspecified atom stereocenters. The van der Waals surface area contributed by atoms with Crippen LogP contribution in [0.4, 0.5) is 11.4 Å². The molecule has 1 rings (SSSR count). The molecule has 0 aliphatic carbocycles. The van der Waals surface area contributed by atoms with Crippen molar-refractivity contribution in [1.82, 2.24) is 0 Å². The lowest BCUT2D eigenvalue weighted by Crippen LogP contribution is -2.25. The monoisotopic (exact) mass is 205 g/mol. The predicted octanol–water partition coefficient (Wildman–Crippen LogP) is 1.89. The Hall–Kier alpha value is -0.640. The number of hydrazine groups is 1. The van der Waals surface area contributed by atoms with Crippen LogP contribution in [0.5, 0.6) is 0 Å². The van der Waals surface area contributed by atoms with E-state index in [2.05, 4.69) is 0 Å². The van der Waals surface area contributed by atoms with Crippen LogP contribution in [0.2, 0.25) is 10.0 Å². The zero-order chi connectivity index (χ0) is 9.30. The molecule has 0 heterocycles. The van der Waals surface area contributed by atoms with E-state index in [4.69, 9.17) is 34.8 Å². The molecule has 0 bridgehead atoms. The highest BCUT2D eigenvalue weighted by Crippen LogP contribution is 2.31. The Bertz CT molecular complexity index is 299. The van der Waals surface area contributed by atoms with Gasteiger partial charge in [-0.05, 0) is 12.1 Å². The number of nitrogens with two attached hydrogens (primary N) is 2. The van der Waals surface area contributed by atoms with E-state index in [1.807, 2.05) is 0 Å². The van der Waals surface area contributed by atoms with Crippen LogP contribution < -0.4 is 16.6 Å². The third-order valence-corrected chi connectivity index (χ3v) is 2.17. The van der Waals surface area contributed by atoms with Crippen molar-refractivity contribution in [2.45, 2.75) is 0 Å². The van der Waals surface area contributed by atoms with Crippen LogP contribution in [0.1, 0.15) is 0 Å². The maximum absolute atomic E-state index is 5.76. The summed E-state index contributed by atoms with van der Waals surface area (Å²) in [4.78, 5) is 0. The van der Waals surface area contributed by atoms with E-state index in [1.165, 1.54) is 5.01 Å². The molecule has 0 saturated carbocycles. The van der Waals surface area contributed by atoms with Gasteiger partial charge in [0.25, 0.3) is 0 Å². The number of benzene rings is 1. The third kappa shape index (κ3) is 1.75. The quantitative estimate of drug-likeness (QED) is 0.419. The molecular weight excluding hydrogens is 197 g/mol. The maximum Gasteiger partial charge on any atom is 0.0759 e. The Morgan fingerprint density at radius 1 is 1.25 bits per heavy atom. The van der Waals surface area contributed by atoms with Gasteiger partial charge in [-0.2, -0.15) is 0 Å². The first-order valence-electron chi connectivity index (χ1n) is 3.25. The minimum Gasteiger partial charge on any atom is -0.397 e. The van der Waals surface area contributed by atoms with Crippen LogP contribution in [0, 0.1) is 0 Å². The highest BCUT2D eigenvalue weighted by Gasteiger charge is 2.06. The minimum absolute atomic E-state index is 0.430. The molecular formula is C7H9Cl2N3. The van der Waals surface area contributed by atoms with Gasteiger partial charge >= 0.3 is 0 Å². The Balaban J connectivity index is 3.23. The number of halogens is 2. The summed E-state index contributed by atoms with van der Waals surface area (Å²) in [5.41, 5.74) is 6.79. The van der Waals surface area contributed by atoms with Gasteiger partial charge in [0.05, 0.1) is 21.4 Å². The van der Waals surface area contributed by atoms with Crippen molar-refractivity contribution in [2.75, 3.05) is 17.8 Å². The molecule has 0 fully saturated rings. The molecule has 0 amide bonds. The van der Waals surface area contributed by atoms with Gasteiger partial charge in [-0.1, -0.05) is 23.2 Å². The van der Waals surface area contributed by atoms with E-state index in [0.29, 0.717) is 21.4 Å². The lowest BCUT2D eigenvalue weighted by molar-refractivity contribution is 1.02. The summed E-state index contributed by atoms with van der Waals surface area (Å²) in [5.74, 6) is 5.49. The van der Waals surface area contributed by atoms with Gasteiger partial charge in [0, 0.05) is 7.05 Å². The Morgan fingerprint density at radius 3 is 2.25 bits per heavy atom. The highest BCUT2D eigenvalue weighted by atomic mass is 35.5. The van der Waals surface area contributed by atoms with Crippen molar-refractivity contribution in [3.8, 4) is 0 Å². The lowest BCUT2D eigenvalue weighted by Gasteiger charge is -2.15. The van der Waals surface area contributed by atoms with Crippen molar-refractivity contribution >= 4 is 34.6 Å². The van der Waals surface area contributed by atoms with Crippen LogP contribution >= 0.6 is 23.2 Å². The number of hydrogen-bond acceptors (Lipinski definition) is 3. The summed E-state index contributed by atoms with van der Waals surface area (Å²) in [6, 6.07) is 3.20. The normalized spacial score (nSPS) is 10.0. The maximum atomic E-state index is 5.76. The molecule has 0 saturated heterocycles. The molecule has 0 aliphatic heterocycles. The van der Waals surface area contributed by atoms with Crippen molar-refractivity contribution in [3.05, 3.63) is 22.2 Å². The van der Waals surface area contributed by atoms with Gasteiger partial charge in [0.1, 0.15) is 0 Å². The van der Waals surface area contributed by atoms with E-state index in [1.54, 1.807) is 19.2 Å². The van der Waals surface area contributed by atoms with Crippen LogP contribution in [0.15, 0.2) is 12.1 Å². The fourth-order valence-corrected chi connectivity index (χ4v) is 1.19. The van der Waals surface area contributed by atoms with Crippen molar-refractivity contribution < 1.29 is 0 Å². The fourth-order valence-electron chi connectivity index (χ4n) is 0.857. The van der Waals surface area contributed by atoms with E-state index >= 15 is 0 Å². The van der Waals surface area contributed by atoms with Gasteiger partial charge in [0.2, 0.25) is 0 Å². The molecule has 1 aromatic rings. The topological polar surface area (TPSA) is 55.3 Å². The van der Waals surface area contributed by atoms with E-state index in [9.17, 15) is 0 Å². The fraction of sp³-hybridized carbons (Fsp3) is 0.143. The molecule has 0 aromatic heterocycles. The Morgan fingerprint density at radius 2 is 1.75 bits per heavy atom. The van der Waals surface area contributed by atoms with Gasteiger partial charge in [-0.3, -0.25) is 0 Å².